The Morgan fingerprint density at radius 2 is 2.41 bits per heavy atom. The number of carbonyl (C=O) groups is 1. The SMILES string of the molecule is CCCOCC(=O)NCCCc1cn[nH]c1C. The highest BCUT2D eigenvalue weighted by molar-refractivity contribution is 5.77. The van der Waals surface area contributed by atoms with Gasteiger partial charge in [-0.25, -0.2) is 0 Å². The lowest BCUT2D eigenvalue weighted by Gasteiger charge is -2.05. The highest BCUT2D eigenvalue weighted by Crippen LogP contribution is 2.04. The number of rotatable bonds is 8. The predicted octanol–water partition coefficient (Wildman–Crippen LogP) is 1.19. The number of hydrogen-bond donors (Lipinski definition) is 2. The number of nitrogens with one attached hydrogen (secondary N) is 2. The van der Waals surface area contributed by atoms with Crippen LogP contribution in [-0.2, 0) is 16.0 Å². The Balaban J connectivity index is 2.04. The van der Waals surface area contributed by atoms with Crippen LogP contribution in [0, 0.1) is 6.92 Å². The number of nitrogens with zero attached hydrogens (tertiary/aromatic N) is 1. The normalized spacial score (nSPS) is 10.5. The quantitative estimate of drug-likeness (QED) is 0.670. The van der Waals surface area contributed by atoms with Crippen molar-refractivity contribution in [3.63, 3.8) is 0 Å². The number of carbonyl (C=O) groups excluding carboxylic acids is 1. The number of aromatic nitrogens is 2. The molecule has 96 valence electrons. The second kappa shape index (κ2) is 7.84. The monoisotopic (exact) mass is 239 g/mol. The van der Waals surface area contributed by atoms with Crippen molar-refractivity contribution >= 4 is 5.91 Å². The van der Waals surface area contributed by atoms with E-state index < -0.39 is 0 Å². The average Bonchev–Trinajstić information content (AvgIpc) is 2.71. The minimum absolute atomic E-state index is 0.0395. The van der Waals surface area contributed by atoms with E-state index in [1.54, 1.807) is 0 Å². The molecule has 2 N–H and O–H groups in total. The van der Waals surface area contributed by atoms with Gasteiger partial charge in [0.2, 0.25) is 5.91 Å². The molecule has 0 unspecified atom stereocenters. The molecule has 0 saturated carbocycles. The Kier molecular flexibility index (Phi) is 6.32. The molecule has 1 amide bonds. The first-order valence-electron chi connectivity index (χ1n) is 6.07. The highest BCUT2D eigenvalue weighted by Gasteiger charge is 2.02. The van der Waals surface area contributed by atoms with E-state index in [9.17, 15) is 4.79 Å². The molecule has 0 aromatic carbocycles. The van der Waals surface area contributed by atoms with E-state index in [0.717, 1.165) is 25.0 Å². The van der Waals surface area contributed by atoms with Gasteiger partial charge in [-0.3, -0.25) is 9.89 Å². The van der Waals surface area contributed by atoms with Crippen molar-refractivity contribution in [3.05, 3.63) is 17.5 Å². The summed E-state index contributed by atoms with van der Waals surface area (Å²) in [6.45, 7) is 5.50. The Morgan fingerprint density at radius 3 is 3.06 bits per heavy atom. The number of aryl methyl sites for hydroxylation is 2. The molecule has 1 heterocycles. The first-order valence-corrected chi connectivity index (χ1v) is 6.07. The van der Waals surface area contributed by atoms with Crippen LogP contribution < -0.4 is 5.32 Å². The second-order valence-electron chi connectivity index (χ2n) is 4.03. The first-order chi connectivity index (χ1) is 8.24. The van der Waals surface area contributed by atoms with Crippen LogP contribution in [0.1, 0.15) is 31.0 Å². The summed E-state index contributed by atoms with van der Waals surface area (Å²) in [7, 11) is 0. The van der Waals surface area contributed by atoms with Gasteiger partial charge in [0, 0.05) is 18.8 Å². The molecule has 0 aliphatic carbocycles. The predicted molar refractivity (Wildman–Crippen MR) is 65.8 cm³/mol. The third-order valence-corrected chi connectivity index (χ3v) is 2.46. The Hall–Kier alpha value is -1.36. The largest absolute Gasteiger partial charge is 0.372 e. The van der Waals surface area contributed by atoms with Crippen LogP contribution in [0.3, 0.4) is 0 Å². The van der Waals surface area contributed by atoms with E-state index >= 15 is 0 Å². The smallest absolute Gasteiger partial charge is 0.245 e. The van der Waals surface area contributed by atoms with Crippen LogP contribution in [0.2, 0.25) is 0 Å². The molecule has 17 heavy (non-hydrogen) atoms. The number of amides is 1. The summed E-state index contributed by atoms with van der Waals surface area (Å²) >= 11 is 0. The van der Waals surface area contributed by atoms with Gasteiger partial charge in [0.1, 0.15) is 6.61 Å². The molecule has 0 bridgehead atoms. The van der Waals surface area contributed by atoms with E-state index in [-0.39, 0.29) is 12.5 Å². The van der Waals surface area contributed by atoms with E-state index in [2.05, 4.69) is 15.5 Å². The van der Waals surface area contributed by atoms with E-state index in [1.165, 1.54) is 5.56 Å². The van der Waals surface area contributed by atoms with Gasteiger partial charge in [0.05, 0.1) is 6.20 Å². The zero-order valence-electron chi connectivity index (χ0n) is 10.6. The van der Waals surface area contributed by atoms with Crippen LogP contribution in [0.4, 0.5) is 0 Å². The van der Waals surface area contributed by atoms with Gasteiger partial charge in [0.15, 0.2) is 0 Å². The van der Waals surface area contributed by atoms with Crippen molar-refractivity contribution in [1.82, 2.24) is 15.5 Å². The van der Waals surface area contributed by atoms with Gasteiger partial charge in [0.25, 0.3) is 0 Å². The van der Waals surface area contributed by atoms with E-state index in [4.69, 9.17) is 4.74 Å². The number of aromatic amines is 1. The topological polar surface area (TPSA) is 67.0 Å². The Bertz CT molecular complexity index is 336. The summed E-state index contributed by atoms with van der Waals surface area (Å²) in [6.07, 6.45) is 4.62. The fourth-order valence-electron chi connectivity index (χ4n) is 1.49. The standard InChI is InChI=1S/C12H21N3O2/c1-3-7-17-9-12(16)13-6-4-5-11-8-14-15-10(11)2/h8H,3-7,9H2,1-2H3,(H,13,16)(H,14,15). The maximum atomic E-state index is 11.3. The molecule has 0 atom stereocenters. The van der Waals surface area contributed by atoms with Crippen LogP contribution in [0.25, 0.3) is 0 Å². The molecule has 0 saturated heterocycles. The van der Waals surface area contributed by atoms with Crippen molar-refractivity contribution in [2.75, 3.05) is 19.8 Å². The van der Waals surface area contributed by atoms with Gasteiger partial charge >= 0.3 is 0 Å². The average molecular weight is 239 g/mol. The lowest BCUT2D eigenvalue weighted by molar-refractivity contribution is -0.125. The van der Waals surface area contributed by atoms with Crippen molar-refractivity contribution in [2.24, 2.45) is 0 Å². The maximum Gasteiger partial charge on any atom is 0.245 e. The maximum absolute atomic E-state index is 11.3. The fraction of sp³-hybridized carbons (Fsp3) is 0.667. The zero-order chi connectivity index (χ0) is 12.5. The second-order valence-corrected chi connectivity index (χ2v) is 4.03. The molecule has 0 radical (unpaired) electrons. The zero-order valence-corrected chi connectivity index (χ0v) is 10.6. The molecule has 5 nitrogen and oxygen atoms in total. The van der Waals surface area contributed by atoms with Crippen molar-refractivity contribution in [3.8, 4) is 0 Å². The number of H-pyrrole nitrogens is 1. The molecular weight excluding hydrogens is 218 g/mol. The Labute approximate surface area is 102 Å². The molecule has 0 spiro atoms. The molecular formula is C12H21N3O2. The third kappa shape index (κ3) is 5.49. The summed E-state index contributed by atoms with van der Waals surface area (Å²) < 4.78 is 5.14. The van der Waals surface area contributed by atoms with Gasteiger partial charge in [-0.15, -0.1) is 0 Å². The molecule has 1 aromatic rings. The van der Waals surface area contributed by atoms with Crippen LogP contribution >= 0.6 is 0 Å². The van der Waals surface area contributed by atoms with Gasteiger partial charge in [-0.2, -0.15) is 5.10 Å². The summed E-state index contributed by atoms with van der Waals surface area (Å²) in [6, 6.07) is 0. The van der Waals surface area contributed by atoms with Gasteiger partial charge < -0.3 is 10.1 Å². The molecule has 1 aromatic heterocycles. The minimum atomic E-state index is -0.0395. The summed E-state index contributed by atoms with van der Waals surface area (Å²) in [4.78, 5) is 11.3. The summed E-state index contributed by atoms with van der Waals surface area (Å²) in [5, 5.41) is 9.68. The van der Waals surface area contributed by atoms with Crippen molar-refractivity contribution in [1.29, 1.82) is 0 Å². The van der Waals surface area contributed by atoms with E-state index in [0.29, 0.717) is 13.2 Å². The third-order valence-electron chi connectivity index (χ3n) is 2.46. The highest BCUT2D eigenvalue weighted by atomic mass is 16.5. The van der Waals surface area contributed by atoms with Gasteiger partial charge in [-0.1, -0.05) is 6.92 Å². The number of ether oxygens (including phenoxy) is 1. The van der Waals surface area contributed by atoms with Crippen LogP contribution in [-0.4, -0.2) is 35.9 Å². The summed E-state index contributed by atoms with van der Waals surface area (Å²) in [5.41, 5.74) is 2.31. The molecule has 0 fully saturated rings. The van der Waals surface area contributed by atoms with Crippen LogP contribution in [0.5, 0.6) is 0 Å². The lowest BCUT2D eigenvalue weighted by atomic mass is 10.1. The molecule has 5 heteroatoms. The van der Waals surface area contributed by atoms with Crippen molar-refractivity contribution < 1.29 is 9.53 Å². The van der Waals surface area contributed by atoms with Crippen LogP contribution in [0.15, 0.2) is 6.20 Å². The Morgan fingerprint density at radius 1 is 1.59 bits per heavy atom. The van der Waals surface area contributed by atoms with Gasteiger partial charge in [-0.05, 0) is 31.7 Å². The molecule has 0 aliphatic heterocycles. The lowest BCUT2D eigenvalue weighted by Crippen LogP contribution is -2.28. The number of hydrogen-bond acceptors (Lipinski definition) is 3. The molecule has 0 aliphatic rings. The minimum Gasteiger partial charge on any atom is -0.372 e. The first kappa shape index (κ1) is 13.7. The summed E-state index contributed by atoms with van der Waals surface area (Å²) in [5.74, 6) is -0.0395. The van der Waals surface area contributed by atoms with Crippen molar-refractivity contribution in [2.45, 2.75) is 33.1 Å². The molecule has 1 rings (SSSR count). The fourth-order valence-corrected chi connectivity index (χ4v) is 1.49. The van der Waals surface area contributed by atoms with E-state index in [1.807, 2.05) is 20.0 Å².